The number of piperidine rings is 1. The first-order valence-electron chi connectivity index (χ1n) is 14.0. The van der Waals surface area contributed by atoms with Gasteiger partial charge in [0.1, 0.15) is 29.7 Å². The summed E-state index contributed by atoms with van der Waals surface area (Å²) in [6.07, 6.45) is 0.872. The number of nitrogens with zero attached hydrogens (tertiary/aromatic N) is 1. The standard InChI is InChI=1S/C25H27NO3.C8H13NO3/c1-25(2,3)16-26-22-13-12-18(28-4)14-21(22)24(29-15-23(26)27)20-11-7-9-17-8-5-6-10-19(17)20;1-6(10)8(7(11)12)3-2-4-9-5-8/h5-14,24H,15-16H2,1-4H3;9H,2-5H2,1H3,(H,11,12). The summed E-state index contributed by atoms with van der Waals surface area (Å²) >= 11 is 0. The lowest BCUT2D eigenvalue weighted by molar-refractivity contribution is -0.155. The molecule has 5 rings (SSSR count). The number of Topliss-reactive ketones (excluding diaryl/α,β-unsaturated/α-hetero) is 1. The zero-order valence-electron chi connectivity index (χ0n) is 24.5. The molecule has 0 aliphatic carbocycles. The number of ketones is 1. The van der Waals surface area contributed by atoms with E-state index in [2.05, 4.69) is 50.4 Å². The number of carboxylic acid groups (broad SMARTS) is 1. The third-order valence-corrected chi connectivity index (χ3v) is 7.69. The number of ether oxygens (including phenoxy) is 2. The van der Waals surface area contributed by atoms with Gasteiger partial charge in [0.05, 0.1) is 12.8 Å². The van der Waals surface area contributed by atoms with Crippen molar-refractivity contribution in [2.45, 2.75) is 46.6 Å². The minimum atomic E-state index is -1.15. The fourth-order valence-corrected chi connectivity index (χ4v) is 5.50. The lowest BCUT2D eigenvalue weighted by atomic mass is 9.77. The van der Waals surface area contributed by atoms with Crippen molar-refractivity contribution in [3.05, 3.63) is 71.8 Å². The SMILES string of the molecule is CC(=O)C1(C(=O)O)CCCNC1.COc1ccc2c(c1)C(c1cccc3ccccc13)OCC(=O)N2CC(C)(C)C. The minimum Gasteiger partial charge on any atom is -0.497 e. The number of aliphatic carboxylic acids is 1. The first-order valence-corrected chi connectivity index (χ1v) is 14.0. The molecule has 3 aromatic rings. The molecule has 2 atom stereocenters. The van der Waals surface area contributed by atoms with Gasteiger partial charge in [-0.15, -0.1) is 0 Å². The smallest absolute Gasteiger partial charge is 0.318 e. The van der Waals surface area contributed by atoms with Crippen LogP contribution in [-0.4, -0.2) is 56.1 Å². The molecule has 8 nitrogen and oxygen atoms in total. The van der Waals surface area contributed by atoms with Crippen molar-refractivity contribution in [2.24, 2.45) is 10.8 Å². The van der Waals surface area contributed by atoms with Gasteiger partial charge in [0.25, 0.3) is 5.91 Å². The van der Waals surface area contributed by atoms with E-state index in [0.29, 0.717) is 13.0 Å². The number of methoxy groups -OCH3 is 1. The maximum atomic E-state index is 13.0. The fraction of sp³-hybridized carbons (Fsp3) is 0.424. The zero-order valence-corrected chi connectivity index (χ0v) is 24.5. The van der Waals surface area contributed by atoms with E-state index in [9.17, 15) is 14.4 Å². The predicted octanol–water partition coefficient (Wildman–Crippen LogP) is 5.38. The van der Waals surface area contributed by atoms with E-state index >= 15 is 0 Å². The Bertz CT molecular complexity index is 1400. The van der Waals surface area contributed by atoms with E-state index in [1.54, 1.807) is 7.11 Å². The van der Waals surface area contributed by atoms with Crippen LogP contribution < -0.4 is 15.0 Å². The molecule has 2 heterocycles. The Hall–Kier alpha value is -3.75. The fourth-order valence-electron chi connectivity index (χ4n) is 5.50. The number of benzene rings is 3. The molecular formula is C33H40N2O6. The number of fused-ring (bicyclic) bond motifs is 2. The van der Waals surface area contributed by atoms with Gasteiger partial charge in [-0.1, -0.05) is 63.2 Å². The van der Waals surface area contributed by atoms with Gasteiger partial charge in [-0.3, -0.25) is 14.4 Å². The molecule has 3 aromatic carbocycles. The second-order valence-corrected chi connectivity index (χ2v) is 11.9. The maximum Gasteiger partial charge on any atom is 0.318 e. The number of carbonyl (C=O) groups is 3. The number of hydrogen-bond donors (Lipinski definition) is 2. The minimum absolute atomic E-state index is 0.0194. The molecule has 8 heteroatoms. The molecule has 1 amide bonds. The molecule has 2 aliphatic heterocycles. The normalized spacial score (nSPS) is 20.9. The lowest BCUT2D eigenvalue weighted by Crippen LogP contribution is -2.49. The van der Waals surface area contributed by atoms with Crippen LogP contribution in [0.25, 0.3) is 10.8 Å². The van der Waals surface area contributed by atoms with Crippen LogP contribution in [0.4, 0.5) is 5.69 Å². The average molecular weight is 561 g/mol. The summed E-state index contributed by atoms with van der Waals surface area (Å²) in [5.74, 6) is -0.513. The molecule has 0 radical (unpaired) electrons. The Morgan fingerprint density at radius 2 is 1.83 bits per heavy atom. The highest BCUT2D eigenvalue weighted by Gasteiger charge is 2.44. The van der Waals surface area contributed by atoms with Gasteiger partial charge in [-0.05, 0) is 66.3 Å². The van der Waals surface area contributed by atoms with Gasteiger partial charge >= 0.3 is 5.97 Å². The van der Waals surface area contributed by atoms with Crippen LogP contribution in [0, 0.1) is 10.8 Å². The number of carboxylic acids is 1. The number of carbonyl (C=O) groups excluding carboxylic acids is 2. The molecule has 1 saturated heterocycles. The summed E-state index contributed by atoms with van der Waals surface area (Å²) in [6.45, 7) is 9.51. The van der Waals surface area contributed by atoms with E-state index in [-0.39, 0.29) is 36.4 Å². The van der Waals surface area contributed by atoms with E-state index in [1.807, 2.05) is 41.3 Å². The Kier molecular flexibility index (Phi) is 9.14. The van der Waals surface area contributed by atoms with Crippen LogP contribution >= 0.6 is 0 Å². The Balaban J connectivity index is 0.000000271. The van der Waals surface area contributed by atoms with Crippen molar-refractivity contribution >= 4 is 34.1 Å². The number of rotatable bonds is 5. The van der Waals surface area contributed by atoms with Crippen molar-refractivity contribution in [3.8, 4) is 5.75 Å². The van der Waals surface area contributed by atoms with E-state index in [4.69, 9.17) is 14.6 Å². The number of amides is 1. The van der Waals surface area contributed by atoms with Crippen LogP contribution in [0.1, 0.15) is 57.8 Å². The second-order valence-electron chi connectivity index (χ2n) is 11.9. The molecule has 218 valence electrons. The number of hydrogen-bond acceptors (Lipinski definition) is 6. The van der Waals surface area contributed by atoms with Crippen molar-refractivity contribution in [1.29, 1.82) is 0 Å². The maximum absolute atomic E-state index is 13.0. The van der Waals surface area contributed by atoms with Crippen LogP contribution in [0.5, 0.6) is 5.75 Å². The van der Waals surface area contributed by atoms with Gasteiger partial charge in [-0.25, -0.2) is 0 Å². The van der Waals surface area contributed by atoms with Crippen molar-refractivity contribution in [3.63, 3.8) is 0 Å². The molecule has 2 unspecified atom stereocenters. The molecule has 1 fully saturated rings. The van der Waals surface area contributed by atoms with E-state index in [1.165, 1.54) is 6.92 Å². The highest BCUT2D eigenvalue weighted by molar-refractivity contribution is 6.02. The molecule has 41 heavy (non-hydrogen) atoms. The van der Waals surface area contributed by atoms with Crippen molar-refractivity contribution in [2.75, 3.05) is 38.3 Å². The van der Waals surface area contributed by atoms with E-state index < -0.39 is 11.4 Å². The van der Waals surface area contributed by atoms with Gasteiger partial charge in [0, 0.05) is 18.7 Å². The molecule has 2 aliphatic rings. The summed E-state index contributed by atoms with van der Waals surface area (Å²) in [5, 5.41) is 14.1. The summed E-state index contributed by atoms with van der Waals surface area (Å²) < 4.78 is 11.7. The van der Waals surface area contributed by atoms with Crippen LogP contribution in [0.15, 0.2) is 60.7 Å². The van der Waals surface area contributed by atoms with Crippen LogP contribution in [0.3, 0.4) is 0 Å². The average Bonchev–Trinajstić information content (AvgIpc) is 3.08. The lowest BCUT2D eigenvalue weighted by Gasteiger charge is -2.30. The third kappa shape index (κ3) is 6.60. The molecule has 0 bridgehead atoms. The second kappa shape index (κ2) is 12.4. The Labute approximate surface area is 241 Å². The summed E-state index contributed by atoms with van der Waals surface area (Å²) in [7, 11) is 1.66. The van der Waals surface area contributed by atoms with Crippen LogP contribution in [0.2, 0.25) is 0 Å². The third-order valence-electron chi connectivity index (χ3n) is 7.69. The quantitative estimate of drug-likeness (QED) is 0.404. The molecular weight excluding hydrogens is 520 g/mol. The summed E-state index contributed by atoms with van der Waals surface area (Å²) in [6, 6.07) is 20.4. The molecule has 0 saturated carbocycles. The largest absolute Gasteiger partial charge is 0.497 e. The van der Waals surface area contributed by atoms with Gasteiger partial charge in [0.2, 0.25) is 0 Å². The number of anilines is 1. The molecule has 2 N–H and O–H groups in total. The highest BCUT2D eigenvalue weighted by atomic mass is 16.5. The molecule has 0 aromatic heterocycles. The number of nitrogens with one attached hydrogen (secondary N) is 1. The predicted molar refractivity (Wildman–Crippen MR) is 159 cm³/mol. The Morgan fingerprint density at radius 1 is 1.10 bits per heavy atom. The first kappa shape index (κ1) is 30.2. The zero-order chi connectivity index (χ0) is 29.8. The van der Waals surface area contributed by atoms with Gasteiger partial charge < -0.3 is 24.8 Å². The Morgan fingerprint density at radius 3 is 2.44 bits per heavy atom. The summed E-state index contributed by atoms with van der Waals surface area (Å²) in [5.41, 5.74) is 1.71. The topological polar surface area (TPSA) is 105 Å². The van der Waals surface area contributed by atoms with Crippen molar-refractivity contribution in [1.82, 2.24) is 5.32 Å². The molecule has 0 spiro atoms. The summed E-state index contributed by atoms with van der Waals surface area (Å²) in [4.78, 5) is 36.9. The highest BCUT2D eigenvalue weighted by Crippen LogP contribution is 2.41. The first-order chi connectivity index (χ1) is 19.5. The monoisotopic (exact) mass is 560 g/mol. The van der Waals surface area contributed by atoms with Crippen molar-refractivity contribution < 1.29 is 29.0 Å². The van der Waals surface area contributed by atoms with Gasteiger partial charge in [0.15, 0.2) is 0 Å². The van der Waals surface area contributed by atoms with Gasteiger partial charge in [-0.2, -0.15) is 0 Å². The van der Waals surface area contributed by atoms with Crippen LogP contribution in [-0.2, 0) is 19.1 Å². The van der Waals surface area contributed by atoms with E-state index in [0.717, 1.165) is 46.3 Å².